The van der Waals surface area contributed by atoms with E-state index in [2.05, 4.69) is 4.98 Å². The largest absolute Gasteiger partial charge is 0.494 e. The quantitative estimate of drug-likeness (QED) is 0.589. The van der Waals surface area contributed by atoms with Gasteiger partial charge in [0.25, 0.3) is 5.91 Å². The number of rotatable bonds is 7. The SMILES string of the molecule is Cc1cc(C(=O)N(C)CCCOc2ccccc2)c(C)n1-c1nccs1. The van der Waals surface area contributed by atoms with Crippen molar-refractivity contribution in [2.24, 2.45) is 0 Å². The molecule has 0 N–H and O–H groups in total. The molecule has 0 aliphatic rings. The maximum atomic E-state index is 12.8. The summed E-state index contributed by atoms with van der Waals surface area (Å²) in [6.07, 6.45) is 2.56. The zero-order valence-electron chi connectivity index (χ0n) is 15.3. The lowest BCUT2D eigenvalue weighted by Gasteiger charge is -2.17. The van der Waals surface area contributed by atoms with E-state index in [0.717, 1.165) is 34.3 Å². The third-order valence-corrected chi connectivity index (χ3v) is 5.03. The zero-order chi connectivity index (χ0) is 18.5. The molecule has 0 aliphatic heterocycles. The average Bonchev–Trinajstić information content (AvgIpc) is 3.26. The summed E-state index contributed by atoms with van der Waals surface area (Å²) < 4.78 is 7.72. The minimum Gasteiger partial charge on any atom is -0.494 e. The van der Waals surface area contributed by atoms with E-state index in [-0.39, 0.29) is 5.91 Å². The fourth-order valence-corrected chi connectivity index (χ4v) is 3.67. The third-order valence-electron chi connectivity index (χ3n) is 4.27. The van der Waals surface area contributed by atoms with Crippen LogP contribution in [-0.2, 0) is 0 Å². The van der Waals surface area contributed by atoms with Crippen LogP contribution >= 0.6 is 11.3 Å². The number of amides is 1. The minimum absolute atomic E-state index is 0.0283. The van der Waals surface area contributed by atoms with Gasteiger partial charge in [0.2, 0.25) is 0 Å². The second kappa shape index (κ2) is 8.19. The summed E-state index contributed by atoms with van der Waals surface area (Å²) in [6.45, 7) is 5.19. The fraction of sp³-hybridized carbons (Fsp3) is 0.300. The van der Waals surface area contributed by atoms with Crippen LogP contribution in [0.3, 0.4) is 0 Å². The van der Waals surface area contributed by atoms with Crippen molar-refractivity contribution in [2.45, 2.75) is 20.3 Å². The first-order valence-corrected chi connectivity index (χ1v) is 9.48. The van der Waals surface area contributed by atoms with Crippen molar-refractivity contribution in [3.63, 3.8) is 0 Å². The Hall–Kier alpha value is -2.60. The van der Waals surface area contributed by atoms with Gasteiger partial charge in [-0.05, 0) is 38.5 Å². The van der Waals surface area contributed by atoms with E-state index in [1.54, 1.807) is 22.4 Å². The van der Waals surface area contributed by atoms with Gasteiger partial charge < -0.3 is 9.64 Å². The normalized spacial score (nSPS) is 10.7. The topological polar surface area (TPSA) is 47.4 Å². The lowest BCUT2D eigenvalue weighted by Crippen LogP contribution is -2.29. The first-order chi connectivity index (χ1) is 12.6. The predicted octanol–water partition coefficient (Wildman–Crippen LogP) is 4.09. The van der Waals surface area contributed by atoms with Gasteiger partial charge in [-0.25, -0.2) is 4.98 Å². The number of nitrogens with zero attached hydrogens (tertiary/aromatic N) is 3. The molecule has 3 aromatic rings. The van der Waals surface area contributed by atoms with Gasteiger partial charge in [-0.2, -0.15) is 0 Å². The Morgan fingerprint density at radius 2 is 2.04 bits per heavy atom. The summed E-state index contributed by atoms with van der Waals surface area (Å²) in [5, 5.41) is 2.83. The molecule has 0 fully saturated rings. The van der Waals surface area contributed by atoms with Crippen LogP contribution in [0.25, 0.3) is 5.13 Å². The van der Waals surface area contributed by atoms with E-state index in [4.69, 9.17) is 4.74 Å². The van der Waals surface area contributed by atoms with E-state index < -0.39 is 0 Å². The summed E-state index contributed by atoms with van der Waals surface area (Å²) in [5.74, 6) is 0.883. The first kappa shape index (κ1) is 18.2. The van der Waals surface area contributed by atoms with Crippen LogP contribution in [0.4, 0.5) is 0 Å². The Morgan fingerprint density at radius 3 is 2.73 bits per heavy atom. The highest BCUT2D eigenvalue weighted by molar-refractivity contribution is 7.12. The molecule has 0 spiro atoms. The number of carbonyl (C=O) groups is 1. The van der Waals surface area contributed by atoms with Gasteiger partial charge in [0, 0.05) is 36.6 Å². The molecule has 2 heterocycles. The molecule has 26 heavy (non-hydrogen) atoms. The van der Waals surface area contributed by atoms with Crippen LogP contribution in [0, 0.1) is 13.8 Å². The molecular formula is C20H23N3O2S. The second-order valence-electron chi connectivity index (χ2n) is 6.18. The van der Waals surface area contributed by atoms with Gasteiger partial charge in [0.1, 0.15) is 5.75 Å². The zero-order valence-corrected chi connectivity index (χ0v) is 16.1. The minimum atomic E-state index is 0.0283. The monoisotopic (exact) mass is 369 g/mol. The Kier molecular flexibility index (Phi) is 5.73. The van der Waals surface area contributed by atoms with Gasteiger partial charge in [0.05, 0.1) is 12.2 Å². The lowest BCUT2D eigenvalue weighted by atomic mass is 10.2. The Morgan fingerprint density at radius 1 is 1.27 bits per heavy atom. The van der Waals surface area contributed by atoms with Crippen molar-refractivity contribution < 1.29 is 9.53 Å². The van der Waals surface area contributed by atoms with Gasteiger partial charge in [-0.3, -0.25) is 9.36 Å². The molecule has 0 saturated heterocycles. The third kappa shape index (κ3) is 3.96. The maximum absolute atomic E-state index is 12.8. The van der Waals surface area contributed by atoms with Crippen molar-refractivity contribution in [3.8, 4) is 10.9 Å². The van der Waals surface area contributed by atoms with Crippen molar-refractivity contribution in [1.29, 1.82) is 0 Å². The molecule has 0 bridgehead atoms. The Balaban J connectivity index is 1.59. The highest BCUT2D eigenvalue weighted by atomic mass is 32.1. The number of thiazole rings is 1. The summed E-state index contributed by atoms with van der Waals surface area (Å²) in [6, 6.07) is 11.7. The molecule has 0 radical (unpaired) electrons. The number of aryl methyl sites for hydroxylation is 1. The molecule has 0 aliphatic carbocycles. The molecule has 2 aromatic heterocycles. The maximum Gasteiger partial charge on any atom is 0.255 e. The van der Waals surface area contributed by atoms with Crippen LogP contribution in [-0.4, -0.2) is 40.6 Å². The Labute approximate surface area is 157 Å². The van der Waals surface area contributed by atoms with Crippen molar-refractivity contribution in [2.75, 3.05) is 20.2 Å². The molecule has 3 rings (SSSR count). The van der Waals surface area contributed by atoms with E-state index in [1.165, 1.54) is 0 Å². The summed E-state index contributed by atoms with van der Waals surface area (Å²) in [7, 11) is 1.83. The van der Waals surface area contributed by atoms with E-state index in [1.807, 2.05) is 67.2 Å². The molecule has 136 valence electrons. The number of benzene rings is 1. The van der Waals surface area contributed by atoms with Crippen LogP contribution in [0.5, 0.6) is 5.75 Å². The van der Waals surface area contributed by atoms with Crippen LogP contribution in [0.1, 0.15) is 28.2 Å². The second-order valence-corrected chi connectivity index (χ2v) is 7.05. The van der Waals surface area contributed by atoms with Gasteiger partial charge in [-0.1, -0.05) is 18.2 Å². The van der Waals surface area contributed by atoms with Crippen molar-refractivity contribution in [3.05, 3.63) is 64.9 Å². The summed E-state index contributed by atoms with van der Waals surface area (Å²) in [5.41, 5.74) is 2.67. The fourth-order valence-electron chi connectivity index (χ4n) is 2.92. The van der Waals surface area contributed by atoms with Gasteiger partial charge in [0.15, 0.2) is 5.13 Å². The van der Waals surface area contributed by atoms with E-state index >= 15 is 0 Å². The standard InChI is InChI=1S/C20H23N3O2S/c1-15-14-18(16(2)23(15)20-21-10-13-26-20)19(24)22(3)11-7-12-25-17-8-5-4-6-9-17/h4-6,8-10,13-14H,7,11-12H2,1-3H3. The van der Waals surface area contributed by atoms with E-state index in [0.29, 0.717) is 13.2 Å². The van der Waals surface area contributed by atoms with E-state index in [9.17, 15) is 4.79 Å². The van der Waals surface area contributed by atoms with Crippen molar-refractivity contribution >= 4 is 17.2 Å². The smallest absolute Gasteiger partial charge is 0.255 e. The molecule has 5 nitrogen and oxygen atoms in total. The number of para-hydroxylation sites is 1. The van der Waals surface area contributed by atoms with Gasteiger partial charge in [-0.15, -0.1) is 11.3 Å². The molecule has 1 aromatic carbocycles. The number of hydrogen-bond acceptors (Lipinski definition) is 4. The highest BCUT2D eigenvalue weighted by Gasteiger charge is 2.20. The lowest BCUT2D eigenvalue weighted by molar-refractivity contribution is 0.0787. The van der Waals surface area contributed by atoms with Crippen LogP contribution < -0.4 is 4.74 Å². The molecule has 1 amide bonds. The van der Waals surface area contributed by atoms with Gasteiger partial charge >= 0.3 is 0 Å². The summed E-state index contributed by atoms with van der Waals surface area (Å²) in [4.78, 5) is 18.9. The number of carbonyl (C=O) groups excluding carboxylic acids is 1. The molecule has 0 atom stereocenters. The predicted molar refractivity (Wildman–Crippen MR) is 104 cm³/mol. The first-order valence-electron chi connectivity index (χ1n) is 8.60. The average molecular weight is 369 g/mol. The summed E-state index contributed by atoms with van der Waals surface area (Å²) >= 11 is 1.56. The molecule has 0 unspecified atom stereocenters. The Bertz CT molecular complexity index is 857. The molecular weight excluding hydrogens is 346 g/mol. The van der Waals surface area contributed by atoms with Crippen molar-refractivity contribution in [1.82, 2.24) is 14.5 Å². The van der Waals surface area contributed by atoms with Crippen LogP contribution in [0.15, 0.2) is 48.0 Å². The number of aromatic nitrogens is 2. The number of hydrogen-bond donors (Lipinski definition) is 0. The molecule has 0 saturated carbocycles. The molecule has 6 heteroatoms. The van der Waals surface area contributed by atoms with Crippen LogP contribution in [0.2, 0.25) is 0 Å². The number of ether oxygens (including phenoxy) is 1. The highest BCUT2D eigenvalue weighted by Crippen LogP contribution is 2.23.